The van der Waals surface area contributed by atoms with Crippen LogP contribution in [0.4, 0.5) is 0 Å². The molecule has 1 aliphatic rings. The predicted octanol–water partition coefficient (Wildman–Crippen LogP) is 3.54. The molecule has 0 radical (unpaired) electrons. The van der Waals surface area contributed by atoms with Gasteiger partial charge >= 0.3 is 0 Å². The minimum absolute atomic E-state index is 0.154. The van der Waals surface area contributed by atoms with Crippen molar-refractivity contribution in [3.8, 4) is 17.2 Å². The quantitative estimate of drug-likeness (QED) is 0.512. The molecule has 0 saturated carbocycles. The normalized spacial score (nSPS) is 14.9. The first-order chi connectivity index (χ1) is 15.7. The number of benzene rings is 2. The predicted molar refractivity (Wildman–Crippen MR) is 127 cm³/mol. The molecule has 2 aromatic carbocycles. The van der Waals surface area contributed by atoms with Crippen molar-refractivity contribution in [3.05, 3.63) is 53.1 Å². The van der Waals surface area contributed by atoms with Crippen LogP contribution in [0.5, 0.6) is 17.2 Å². The number of hydrogen-bond donors (Lipinski definition) is 0. The van der Waals surface area contributed by atoms with Crippen molar-refractivity contribution in [2.24, 2.45) is 0 Å². The Morgan fingerprint density at radius 3 is 2.30 bits per heavy atom. The molecule has 0 bridgehead atoms. The number of likely N-dealkylation sites (N-methyl/N-ethyl adjacent to an activating group) is 1. The van der Waals surface area contributed by atoms with Gasteiger partial charge in [-0.25, -0.2) is 0 Å². The highest BCUT2D eigenvalue weighted by atomic mass is 16.5. The number of rotatable bonds is 10. The molecule has 0 N–H and O–H groups in total. The fraction of sp³-hybridized carbons (Fsp3) is 0.462. The molecule has 178 valence electrons. The largest absolute Gasteiger partial charge is 0.497 e. The van der Waals surface area contributed by atoms with Gasteiger partial charge in [-0.05, 0) is 75.7 Å². The second kappa shape index (κ2) is 10.3. The summed E-state index contributed by atoms with van der Waals surface area (Å²) in [7, 11) is 6.87. The summed E-state index contributed by atoms with van der Waals surface area (Å²) < 4.78 is 16.0. The molecule has 0 atom stereocenters. The molecular formula is C26H34N2O5. The number of nitrogens with zero attached hydrogens (tertiary/aromatic N) is 2. The number of ether oxygens (including phenoxy) is 3. The summed E-state index contributed by atoms with van der Waals surface area (Å²) in [6.45, 7) is 5.75. The number of hydrogen-bond acceptors (Lipinski definition) is 6. The average molecular weight is 455 g/mol. The number of carbonyl (C=O) groups excluding carboxylic acids is 2. The lowest BCUT2D eigenvalue weighted by atomic mass is 9.77. The third-order valence-corrected chi connectivity index (χ3v) is 6.31. The van der Waals surface area contributed by atoms with E-state index in [1.54, 1.807) is 33.5 Å². The van der Waals surface area contributed by atoms with Crippen LogP contribution >= 0.6 is 0 Å². The smallest absolute Gasteiger partial charge is 0.260 e. The standard InChI is InChI=1S/C26H34N2O5/c1-26(2)21-10-9-19(31-4)17-20(21)24(29)28(25(26)30)14-7-13-27(3)15-12-18-8-11-22(32-5)23(16-18)33-6/h8-11,16-17H,7,12-15H2,1-6H3. The highest BCUT2D eigenvalue weighted by Crippen LogP contribution is 2.36. The van der Waals surface area contributed by atoms with Crippen molar-refractivity contribution in [2.45, 2.75) is 32.1 Å². The Balaban J connectivity index is 1.58. The van der Waals surface area contributed by atoms with E-state index in [0.717, 1.165) is 36.4 Å². The van der Waals surface area contributed by atoms with Gasteiger partial charge in [0.1, 0.15) is 5.75 Å². The molecule has 0 fully saturated rings. The minimum Gasteiger partial charge on any atom is -0.497 e. The topological polar surface area (TPSA) is 68.3 Å². The monoisotopic (exact) mass is 454 g/mol. The van der Waals surface area contributed by atoms with Crippen molar-refractivity contribution in [1.29, 1.82) is 0 Å². The van der Waals surface area contributed by atoms with E-state index in [1.807, 2.05) is 45.2 Å². The van der Waals surface area contributed by atoms with Crippen molar-refractivity contribution >= 4 is 11.8 Å². The van der Waals surface area contributed by atoms with Gasteiger partial charge in [0.05, 0.1) is 26.7 Å². The molecule has 3 rings (SSSR count). The lowest BCUT2D eigenvalue weighted by Gasteiger charge is -2.37. The van der Waals surface area contributed by atoms with Crippen molar-refractivity contribution in [3.63, 3.8) is 0 Å². The van der Waals surface area contributed by atoms with Gasteiger partial charge in [-0.1, -0.05) is 12.1 Å². The number of imide groups is 1. The Bertz CT molecular complexity index is 1020. The number of carbonyl (C=O) groups is 2. The van der Waals surface area contributed by atoms with Crippen LogP contribution in [0.2, 0.25) is 0 Å². The summed E-state index contributed by atoms with van der Waals surface area (Å²) in [6, 6.07) is 11.3. The van der Waals surface area contributed by atoms with Gasteiger partial charge in [0, 0.05) is 18.7 Å². The first-order valence-corrected chi connectivity index (χ1v) is 11.2. The lowest BCUT2D eigenvalue weighted by molar-refractivity contribution is -0.134. The Hall–Kier alpha value is -3.06. The summed E-state index contributed by atoms with van der Waals surface area (Å²) in [5.74, 6) is 1.65. The highest BCUT2D eigenvalue weighted by Gasteiger charge is 2.44. The van der Waals surface area contributed by atoms with Crippen LogP contribution in [0, 0.1) is 0 Å². The van der Waals surface area contributed by atoms with Crippen LogP contribution in [0.3, 0.4) is 0 Å². The van der Waals surface area contributed by atoms with Crippen LogP contribution in [-0.4, -0.2) is 69.6 Å². The van der Waals surface area contributed by atoms with Gasteiger partial charge in [0.25, 0.3) is 5.91 Å². The van der Waals surface area contributed by atoms with E-state index in [1.165, 1.54) is 4.90 Å². The van der Waals surface area contributed by atoms with Gasteiger partial charge in [-0.15, -0.1) is 0 Å². The summed E-state index contributed by atoms with van der Waals surface area (Å²) in [5.41, 5.74) is 1.70. The molecule has 33 heavy (non-hydrogen) atoms. The van der Waals surface area contributed by atoms with Crippen LogP contribution in [-0.2, 0) is 16.6 Å². The molecule has 0 aromatic heterocycles. The summed E-state index contributed by atoms with van der Waals surface area (Å²) >= 11 is 0. The Morgan fingerprint density at radius 2 is 1.64 bits per heavy atom. The SMILES string of the molecule is COc1ccc2c(c1)C(=O)N(CCCN(C)CCc1ccc(OC)c(OC)c1)C(=O)C2(C)C. The molecule has 1 heterocycles. The zero-order valence-corrected chi connectivity index (χ0v) is 20.4. The Labute approximate surface area is 196 Å². The summed E-state index contributed by atoms with van der Waals surface area (Å²) in [4.78, 5) is 29.8. The molecule has 0 unspecified atom stereocenters. The van der Waals surface area contributed by atoms with Gasteiger partial charge in [-0.2, -0.15) is 0 Å². The molecule has 2 amide bonds. The van der Waals surface area contributed by atoms with Gasteiger partial charge < -0.3 is 19.1 Å². The zero-order chi connectivity index (χ0) is 24.2. The minimum atomic E-state index is -0.755. The van der Waals surface area contributed by atoms with Crippen molar-refractivity contribution in [2.75, 3.05) is 48.0 Å². The fourth-order valence-electron chi connectivity index (χ4n) is 4.23. The first kappa shape index (κ1) is 24.6. The number of fused-ring (bicyclic) bond motifs is 1. The maximum atomic E-state index is 13.1. The molecule has 0 saturated heterocycles. The van der Waals surface area contributed by atoms with Crippen LogP contribution < -0.4 is 14.2 Å². The number of methoxy groups -OCH3 is 3. The van der Waals surface area contributed by atoms with Gasteiger partial charge in [0.15, 0.2) is 11.5 Å². The zero-order valence-electron chi connectivity index (χ0n) is 20.4. The molecular weight excluding hydrogens is 420 g/mol. The van der Waals surface area contributed by atoms with E-state index in [2.05, 4.69) is 4.90 Å². The molecule has 0 spiro atoms. The number of amides is 2. The molecule has 7 heteroatoms. The van der Waals surface area contributed by atoms with E-state index < -0.39 is 5.41 Å². The molecule has 1 aliphatic heterocycles. The van der Waals surface area contributed by atoms with E-state index in [4.69, 9.17) is 14.2 Å². The van der Waals surface area contributed by atoms with Crippen LogP contribution in [0.25, 0.3) is 0 Å². The molecule has 2 aromatic rings. The van der Waals surface area contributed by atoms with Crippen LogP contribution in [0.15, 0.2) is 36.4 Å². The third kappa shape index (κ3) is 5.14. The van der Waals surface area contributed by atoms with E-state index in [9.17, 15) is 9.59 Å². The van der Waals surface area contributed by atoms with E-state index in [0.29, 0.717) is 30.0 Å². The second-order valence-electron chi connectivity index (χ2n) is 8.89. The van der Waals surface area contributed by atoms with E-state index >= 15 is 0 Å². The maximum absolute atomic E-state index is 13.1. The van der Waals surface area contributed by atoms with Crippen molar-refractivity contribution < 1.29 is 23.8 Å². The average Bonchev–Trinajstić information content (AvgIpc) is 2.83. The van der Waals surface area contributed by atoms with Gasteiger partial charge in [0.2, 0.25) is 5.91 Å². The van der Waals surface area contributed by atoms with Crippen LogP contribution in [0.1, 0.15) is 41.8 Å². The fourth-order valence-corrected chi connectivity index (χ4v) is 4.23. The second-order valence-corrected chi connectivity index (χ2v) is 8.89. The first-order valence-electron chi connectivity index (χ1n) is 11.2. The maximum Gasteiger partial charge on any atom is 0.260 e. The summed E-state index contributed by atoms with van der Waals surface area (Å²) in [5, 5.41) is 0. The lowest BCUT2D eigenvalue weighted by Crippen LogP contribution is -2.52. The van der Waals surface area contributed by atoms with Crippen molar-refractivity contribution in [1.82, 2.24) is 9.80 Å². The molecule has 7 nitrogen and oxygen atoms in total. The third-order valence-electron chi connectivity index (χ3n) is 6.31. The highest BCUT2D eigenvalue weighted by molar-refractivity contribution is 6.13. The molecule has 0 aliphatic carbocycles. The Morgan fingerprint density at radius 1 is 0.909 bits per heavy atom. The summed E-state index contributed by atoms with van der Waals surface area (Å²) in [6.07, 6.45) is 1.56. The van der Waals surface area contributed by atoms with E-state index in [-0.39, 0.29) is 11.8 Å². The van der Waals surface area contributed by atoms with Gasteiger partial charge in [-0.3, -0.25) is 14.5 Å². The Kier molecular flexibility index (Phi) is 7.64.